The molecule has 1 unspecified atom stereocenters. The molecule has 0 heterocycles. The molecule has 0 amide bonds. The van der Waals surface area contributed by atoms with Gasteiger partial charge in [-0.05, 0) is 30.7 Å². The number of benzene rings is 1. The van der Waals surface area contributed by atoms with Gasteiger partial charge in [-0.2, -0.15) is 0 Å². The summed E-state index contributed by atoms with van der Waals surface area (Å²) in [6.07, 6.45) is 2.03. The molecule has 6 nitrogen and oxygen atoms in total. The number of hydrogen-bond donors (Lipinski definition) is 2. The van der Waals surface area contributed by atoms with Crippen LogP contribution in [0, 0.1) is 5.92 Å². The highest BCUT2D eigenvalue weighted by Gasteiger charge is 2.18. The Bertz CT molecular complexity index is 486. The van der Waals surface area contributed by atoms with Crippen LogP contribution >= 0.6 is 0 Å². The predicted molar refractivity (Wildman–Crippen MR) is 83.5 cm³/mol. The Morgan fingerprint density at radius 1 is 1.23 bits per heavy atom. The van der Waals surface area contributed by atoms with Crippen molar-refractivity contribution in [3.05, 3.63) is 24.3 Å². The van der Waals surface area contributed by atoms with Gasteiger partial charge in [0.05, 0.1) is 12.5 Å². The smallest absolute Gasteiger partial charge is 0.323 e. The average molecular weight is 309 g/mol. The molecule has 122 valence electrons. The predicted octanol–water partition coefficient (Wildman–Crippen LogP) is 2.48. The van der Waals surface area contributed by atoms with Crippen molar-refractivity contribution in [2.75, 3.05) is 24.6 Å². The van der Waals surface area contributed by atoms with Crippen LogP contribution in [0.4, 0.5) is 5.69 Å². The molecular formula is C16H23NO5. The average Bonchev–Trinajstić information content (AvgIpc) is 2.47. The highest BCUT2D eigenvalue weighted by Crippen LogP contribution is 2.20. The monoisotopic (exact) mass is 309 g/mol. The van der Waals surface area contributed by atoms with Gasteiger partial charge in [-0.3, -0.25) is 9.59 Å². The molecule has 1 aromatic carbocycles. The topological polar surface area (TPSA) is 87.1 Å². The van der Waals surface area contributed by atoms with E-state index >= 15 is 0 Å². The number of aliphatic carboxylic acids is 2. The maximum Gasteiger partial charge on any atom is 0.323 e. The Hall–Kier alpha value is -2.24. The first-order valence-corrected chi connectivity index (χ1v) is 7.36. The summed E-state index contributed by atoms with van der Waals surface area (Å²) in [5.41, 5.74) is 0.665. The number of carboxylic acids is 2. The van der Waals surface area contributed by atoms with Crippen molar-refractivity contribution in [1.29, 1.82) is 0 Å². The zero-order valence-corrected chi connectivity index (χ0v) is 13.0. The highest BCUT2D eigenvalue weighted by atomic mass is 16.5. The Balaban J connectivity index is 2.76. The van der Waals surface area contributed by atoms with E-state index in [2.05, 4.69) is 6.92 Å². The summed E-state index contributed by atoms with van der Waals surface area (Å²) in [6.45, 7) is 4.18. The van der Waals surface area contributed by atoms with Crippen molar-refractivity contribution < 1.29 is 24.5 Å². The lowest BCUT2D eigenvalue weighted by Gasteiger charge is -2.25. The first-order valence-electron chi connectivity index (χ1n) is 7.36. The van der Waals surface area contributed by atoms with E-state index in [4.69, 9.17) is 14.9 Å². The summed E-state index contributed by atoms with van der Waals surface area (Å²) in [5.74, 6) is -1.88. The van der Waals surface area contributed by atoms with E-state index < -0.39 is 17.9 Å². The summed E-state index contributed by atoms with van der Waals surface area (Å²) < 4.78 is 5.55. The third-order valence-corrected chi connectivity index (χ3v) is 3.21. The molecule has 0 spiro atoms. The van der Waals surface area contributed by atoms with Crippen LogP contribution in [0.25, 0.3) is 0 Å². The number of hydrogen-bond acceptors (Lipinski definition) is 4. The fourth-order valence-electron chi connectivity index (χ4n) is 1.92. The van der Waals surface area contributed by atoms with E-state index in [-0.39, 0.29) is 13.1 Å². The summed E-state index contributed by atoms with van der Waals surface area (Å²) in [6, 6.07) is 7.04. The fraction of sp³-hybridized carbons (Fsp3) is 0.500. The molecule has 0 bridgehead atoms. The van der Waals surface area contributed by atoms with Crippen LogP contribution in [-0.2, 0) is 9.59 Å². The molecule has 0 aliphatic heterocycles. The van der Waals surface area contributed by atoms with Gasteiger partial charge in [0.2, 0.25) is 0 Å². The lowest BCUT2D eigenvalue weighted by Crippen LogP contribution is -2.35. The third-order valence-electron chi connectivity index (χ3n) is 3.21. The van der Waals surface area contributed by atoms with Gasteiger partial charge in [0.25, 0.3) is 0 Å². The van der Waals surface area contributed by atoms with E-state index in [0.29, 0.717) is 12.3 Å². The molecule has 0 aliphatic rings. The summed E-state index contributed by atoms with van der Waals surface area (Å²) in [4.78, 5) is 23.5. The van der Waals surface area contributed by atoms with Crippen molar-refractivity contribution in [1.82, 2.24) is 0 Å². The van der Waals surface area contributed by atoms with Gasteiger partial charge in [-0.15, -0.1) is 0 Å². The van der Waals surface area contributed by atoms with Crippen LogP contribution in [0.1, 0.15) is 26.7 Å². The highest BCUT2D eigenvalue weighted by molar-refractivity contribution is 5.75. The molecule has 0 saturated heterocycles. The summed E-state index contributed by atoms with van der Waals surface area (Å²) in [7, 11) is 0. The Kier molecular flexibility index (Phi) is 7.22. The van der Waals surface area contributed by atoms with Crippen LogP contribution in [0.15, 0.2) is 24.3 Å². The van der Waals surface area contributed by atoms with Crippen molar-refractivity contribution in [2.45, 2.75) is 26.7 Å². The number of ether oxygens (including phenoxy) is 1. The van der Waals surface area contributed by atoms with Crippen molar-refractivity contribution >= 4 is 17.6 Å². The second-order valence-corrected chi connectivity index (χ2v) is 5.21. The van der Waals surface area contributed by atoms with Crippen molar-refractivity contribution in [2.24, 2.45) is 5.92 Å². The molecular weight excluding hydrogens is 286 g/mol. The second-order valence-electron chi connectivity index (χ2n) is 5.21. The second kappa shape index (κ2) is 8.92. The molecule has 1 aromatic rings. The molecule has 2 N–H and O–H groups in total. The van der Waals surface area contributed by atoms with Gasteiger partial charge in [0.15, 0.2) is 0 Å². The summed E-state index contributed by atoms with van der Waals surface area (Å²) >= 11 is 0. The standard InChI is InChI=1S/C16H23NO5/c1-3-4-9-22-14-7-5-13(6-8-14)17(11-15(18)19)10-12(2)16(20)21/h5-8,12H,3-4,9-11H2,1-2H3,(H,18,19)(H,20,21). The van der Waals surface area contributed by atoms with E-state index in [9.17, 15) is 9.59 Å². The molecule has 1 rings (SSSR count). The lowest BCUT2D eigenvalue weighted by atomic mass is 10.1. The minimum absolute atomic E-state index is 0.137. The van der Waals surface area contributed by atoms with Gasteiger partial charge in [-0.1, -0.05) is 20.3 Å². The van der Waals surface area contributed by atoms with E-state index in [0.717, 1.165) is 18.6 Å². The van der Waals surface area contributed by atoms with E-state index in [1.54, 1.807) is 31.2 Å². The zero-order chi connectivity index (χ0) is 16.5. The number of carboxylic acid groups (broad SMARTS) is 2. The van der Waals surface area contributed by atoms with Crippen LogP contribution in [0.5, 0.6) is 5.75 Å². The van der Waals surface area contributed by atoms with Crippen LogP contribution in [0.3, 0.4) is 0 Å². The van der Waals surface area contributed by atoms with Crippen molar-refractivity contribution in [3.8, 4) is 5.75 Å². The maximum absolute atomic E-state index is 11.0. The lowest BCUT2D eigenvalue weighted by molar-refractivity contribution is -0.141. The van der Waals surface area contributed by atoms with E-state index in [1.165, 1.54) is 4.90 Å². The molecule has 0 aromatic heterocycles. The number of unbranched alkanes of at least 4 members (excludes halogenated alkanes) is 1. The number of carbonyl (C=O) groups is 2. The molecule has 0 radical (unpaired) electrons. The zero-order valence-electron chi connectivity index (χ0n) is 13.0. The molecule has 0 fully saturated rings. The normalized spacial score (nSPS) is 11.7. The first kappa shape index (κ1) is 17.8. The Morgan fingerprint density at radius 2 is 1.86 bits per heavy atom. The molecule has 0 saturated carbocycles. The molecule has 1 atom stereocenters. The Morgan fingerprint density at radius 3 is 2.36 bits per heavy atom. The number of anilines is 1. The minimum Gasteiger partial charge on any atom is -0.494 e. The Labute approximate surface area is 130 Å². The van der Waals surface area contributed by atoms with Gasteiger partial charge in [0.1, 0.15) is 12.3 Å². The molecule has 22 heavy (non-hydrogen) atoms. The number of nitrogens with zero attached hydrogens (tertiary/aromatic N) is 1. The fourth-order valence-corrected chi connectivity index (χ4v) is 1.92. The third kappa shape index (κ3) is 6.03. The SMILES string of the molecule is CCCCOc1ccc(N(CC(=O)O)CC(C)C(=O)O)cc1. The van der Waals surface area contributed by atoms with Gasteiger partial charge in [0, 0.05) is 12.2 Å². The molecule has 0 aliphatic carbocycles. The van der Waals surface area contributed by atoms with Crippen LogP contribution in [0.2, 0.25) is 0 Å². The largest absolute Gasteiger partial charge is 0.494 e. The van der Waals surface area contributed by atoms with Crippen LogP contribution in [-0.4, -0.2) is 41.8 Å². The summed E-state index contributed by atoms with van der Waals surface area (Å²) in [5, 5.41) is 18.0. The van der Waals surface area contributed by atoms with Gasteiger partial charge < -0.3 is 19.8 Å². The quantitative estimate of drug-likeness (QED) is 0.646. The van der Waals surface area contributed by atoms with Crippen molar-refractivity contribution in [3.63, 3.8) is 0 Å². The molecule has 6 heteroatoms. The van der Waals surface area contributed by atoms with Gasteiger partial charge >= 0.3 is 11.9 Å². The van der Waals surface area contributed by atoms with Gasteiger partial charge in [-0.25, -0.2) is 0 Å². The first-order chi connectivity index (χ1) is 10.4. The maximum atomic E-state index is 11.0. The number of rotatable bonds is 10. The van der Waals surface area contributed by atoms with E-state index in [1.807, 2.05) is 0 Å². The van der Waals surface area contributed by atoms with Crippen LogP contribution < -0.4 is 9.64 Å². The minimum atomic E-state index is -0.999.